The van der Waals surface area contributed by atoms with Gasteiger partial charge in [0.05, 0.1) is 12.8 Å². The number of halogens is 1. The summed E-state index contributed by atoms with van der Waals surface area (Å²) in [5, 5.41) is 0.853. The van der Waals surface area contributed by atoms with Crippen LogP contribution in [0.2, 0.25) is 5.28 Å². The normalized spacial score (nSPS) is 10.9. The van der Waals surface area contributed by atoms with Crippen molar-refractivity contribution in [2.75, 3.05) is 13.4 Å². The van der Waals surface area contributed by atoms with Crippen molar-refractivity contribution >= 4 is 34.4 Å². The van der Waals surface area contributed by atoms with Gasteiger partial charge in [-0.1, -0.05) is 23.9 Å². The first-order valence-electron chi connectivity index (χ1n) is 6.28. The van der Waals surface area contributed by atoms with Gasteiger partial charge in [-0.2, -0.15) is 4.98 Å². The Morgan fingerprint density at radius 1 is 1.27 bits per heavy atom. The Balaban J connectivity index is 2.34. The molecular formula is C14H11ClN4O2S. The molecule has 3 aromatic rings. The van der Waals surface area contributed by atoms with Crippen LogP contribution in [0.5, 0.6) is 5.75 Å². The Kier molecular flexibility index (Phi) is 4.00. The van der Waals surface area contributed by atoms with Gasteiger partial charge in [-0.3, -0.25) is 4.79 Å². The Labute approximate surface area is 135 Å². The van der Waals surface area contributed by atoms with Crippen molar-refractivity contribution in [1.82, 2.24) is 19.5 Å². The second kappa shape index (κ2) is 5.94. The first kappa shape index (κ1) is 14.8. The van der Waals surface area contributed by atoms with Crippen molar-refractivity contribution in [2.45, 2.75) is 5.16 Å². The van der Waals surface area contributed by atoms with Crippen LogP contribution in [0.15, 0.2) is 40.4 Å². The molecule has 22 heavy (non-hydrogen) atoms. The predicted octanol–water partition coefficient (Wildman–Crippen LogP) is 2.56. The van der Waals surface area contributed by atoms with Crippen molar-refractivity contribution in [3.63, 3.8) is 0 Å². The minimum Gasteiger partial charge on any atom is -0.495 e. The lowest BCUT2D eigenvalue weighted by Crippen LogP contribution is -2.21. The fourth-order valence-electron chi connectivity index (χ4n) is 2.06. The highest BCUT2D eigenvalue weighted by atomic mass is 35.5. The van der Waals surface area contributed by atoms with Crippen LogP contribution in [-0.4, -0.2) is 32.9 Å². The van der Waals surface area contributed by atoms with E-state index in [9.17, 15) is 4.79 Å². The molecule has 0 amide bonds. The summed E-state index contributed by atoms with van der Waals surface area (Å²) in [5.41, 5.74) is 0.455. The molecule has 0 unspecified atom stereocenters. The highest BCUT2D eigenvalue weighted by Gasteiger charge is 2.15. The number of thioether (sulfide) groups is 1. The third kappa shape index (κ3) is 2.42. The van der Waals surface area contributed by atoms with E-state index in [4.69, 9.17) is 16.3 Å². The molecule has 0 bridgehead atoms. The molecule has 0 aliphatic rings. The Morgan fingerprint density at radius 2 is 2.05 bits per heavy atom. The molecule has 0 radical (unpaired) electrons. The summed E-state index contributed by atoms with van der Waals surface area (Å²) in [6.07, 6.45) is 3.31. The van der Waals surface area contributed by atoms with Crippen LogP contribution in [-0.2, 0) is 0 Å². The van der Waals surface area contributed by atoms with E-state index >= 15 is 0 Å². The number of ether oxygens (including phenoxy) is 1. The van der Waals surface area contributed by atoms with Gasteiger partial charge in [0.1, 0.15) is 11.1 Å². The summed E-state index contributed by atoms with van der Waals surface area (Å²) in [4.78, 5) is 25.2. The van der Waals surface area contributed by atoms with Crippen LogP contribution in [0.1, 0.15) is 0 Å². The van der Waals surface area contributed by atoms with Gasteiger partial charge in [-0.05, 0) is 30.0 Å². The van der Waals surface area contributed by atoms with Gasteiger partial charge in [0.2, 0.25) is 5.28 Å². The summed E-state index contributed by atoms with van der Waals surface area (Å²) < 4.78 is 6.56. The Hall–Kier alpha value is -2.12. The zero-order valence-corrected chi connectivity index (χ0v) is 13.4. The fraction of sp³-hybridized carbons (Fsp3) is 0.143. The number of nitrogens with zero attached hydrogens (tertiary/aromatic N) is 4. The van der Waals surface area contributed by atoms with E-state index in [1.54, 1.807) is 18.2 Å². The smallest absolute Gasteiger partial charge is 0.270 e. The van der Waals surface area contributed by atoms with Crippen LogP contribution in [0.3, 0.4) is 0 Å². The lowest BCUT2D eigenvalue weighted by Gasteiger charge is -2.12. The number of benzene rings is 1. The van der Waals surface area contributed by atoms with Crippen molar-refractivity contribution in [2.24, 2.45) is 0 Å². The van der Waals surface area contributed by atoms with Gasteiger partial charge >= 0.3 is 0 Å². The van der Waals surface area contributed by atoms with Crippen LogP contribution >= 0.6 is 23.4 Å². The van der Waals surface area contributed by atoms with Gasteiger partial charge < -0.3 is 4.74 Å². The van der Waals surface area contributed by atoms with Crippen LogP contribution in [0, 0.1) is 0 Å². The van der Waals surface area contributed by atoms with Crippen molar-refractivity contribution < 1.29 is 4.74 Å². The molecule has 8 heteroatoms. The maximum atomic E-state index is 12.7. The van der Waals surface area contributed by atoms with Crippen LogP contribution in [0.4, 0.5) is 0 Å². The molecule has 6 nitrogen and oxygen atoms in total. The maximum absolute atomic E-state index is 12.7. The predicted molar refractivity (Wildman–Crippen MR) is 86.3 cm³/mol. The second-order valence-electron chi connectivity index (χ2n) is 4.29. The molecule has 2 aromatic heterocycles. The quantitative estimate of drug-likeness (QED) is 0.541. The molecule has 0 atom stereocenters. The molecule has 0 N–H and O–H groups in total. The molecule has 1 aromatic carbocycles. The van der Waals surface area contributed by atoms with E-state index < -0.39 is 0 Å². The molecule has 3 rings (SSSR count). The monoisotopic (exact) mass is 334 g/mol. The Bertz CT molecular complexity index is 913. The topological polar surface area (TPSA) is 69.9 Å². The molecule has 0 aliphatic heterocycles. The molecular weight excluding hydrogens is 324 g/mol. The van der Waals surface area contributed by atoms with Gasteiger partial charge in [0.25, 0.3) is 5.56 Å². The SMILES string of the molecule is COc1ccccc1-n1c(Cl)nc2nc(SC)ncc2c1=O. The molecule has 0 spiro atoms. The summed E-state index contributed by atoms with van der Waals surface area (Å²) in [6.45, 7) is 0. The van der Waals surface area contributed by atoms with E-state index in [0.717, 1.165) is 0 Å². The molecule has 0 saturated heterocycles. The van der Waals surface area contributed by atoms with Gasteiger partial charge in [-0.15, -0.1) is 0 Å². The molecule has 112 valence electrons. The van der Waals surface area contributed by atoms with Crippen molar-refractivity contribution in [3.05, 3.63) is 46.1 Å². The molecule has 0 fully saturated rings. The van der Waals surface area contributed by atoms with Crippen molar-refractivity contribution in [3.8, 4) is 11.4 Å². The zero-order chi connectivity index (χ0) is 15.7. The first-order valence-corrected chi connectivity index (χ1v) is 7.88. The van der Waals surface area contributed by atoms with Crippen LogP contribution in [0.25, 0.3) is 16.7 Å². The maximum Gasteiger partial charge on any atom is 0.270 e. The van der Waals surface area contributed by atoms with E-state index in [0.29, 0.717) is 22.0 Å². The molecule has 0 aliphatic carbocycles. The number of hydrogen-bond donors (Lipinski definition) is 0. The van der Waals surface area contributed by atoms with Crippen LogP contribution < -0.4 is 10.3 Å². The number of para-hydroxylation sites is 2. The lowest BCUT2D eigenvalue weighted by molar-refractivity contribution is 0.412. The highest BCUT2D eigenvalue weighted by Crippen LogP contribution is 2.24. The zero-order valence-electron chi connectivity index (χ0n) is 11.8. The third-order valence-corrected chi connectivity index (χ3v) is 3.89. The molecule has 0 saturated carbocycles. The Morgan fingerprint density at radius 3 is 2.77 bits per heavy atom. The summed E-state index contributed by atoms with van der Waals surface area (Å²) in [5.74, 6) is 0.523. The van der Waals surface area contributed by atoms with E-state index in [2.05, 4.69) is 15.0 Å². The minimum absolute atomic E-state index is 0.0211. The van der Waals surface area contributed by atoms with Crippen molar-refractivity contribution in [1.29, 1.82) is 0 Å². The third-order valence-electron chi connectivity index (χ3n) is 3.07. The average Bonchev–Trinajstić information content (AvgIpc) is 2.54. The average molecular weight is 335 g/mol. The van der Waals surface area contributed by atoms with Gasteiger partial charge in [0, 0.05) is 6.20 Å². The van der Waals surface area contributed by atoms with E-state index in [-0.39, 0.29) is 16.5 Å². The first-order chi connectivity index (χ1) is 10.7. The van der Waals surface area contributed by atoms with Gasteiger partial charge in [0.15, 0.2) is 10.8 Å². The number of rotatable bonds is 3. The number of hydrogen-bond acceptors (Lipinski definition) is 6. The summed E-state index contributed by atoms with van der Waals surface area (Å²) >= 11 is 7.56. The summed E-state index contributed by atoms with van der Waals surface area (Å²) in [7, 11) is 1.53. The number of methoxy groups -OCH3 is 1. The number of aromatic nitrogens is 4. The highest BCUT2D eigenvalue weighted by molar-refractivity contribution is 7.98. The van der Waals surface area contributed by atoms with Gasteiger partial charge in [-0.25, -0.2) is 14.5 Å². The number of fused-ring (bicyclic) bond motifs is 1. The van der Waals surface area contributed by atoms with E-state index in [1.807, 2.05) is 12.3 Å². The minimum atomic E-state index is -0.341. The largest absolute Gasteiger partial charge is 0.495 e. The standard InChI is InChI=1S/C14H11ClN4O2S/c1-21-10-6-4-3-5-9(10)19-12(20)8-7-16-14(22-2)18-11(8)17-13(19)15/h3-7H,1-2H3. The second-order valence-corrected chi connectivity index (χ2v) is 5.40. The molecule has 2 heterocycles. The summed E-state index contributed by atoms with van der Waals surface area (Å²) in [6, 6.07) is 7.08. The van der Waals surface area contributed by atoms with E-state index in [1.165, 1.54) is 29.6 Å². The fourth-order valence-corrected chi connectivity index (χ4v) is 2.64. The lowest BCUT2D eigenvalue weighted by atomic mass is 10.3.